The number of rotatable bonds is 3. The highest BCUT2D eigenvalue weighted by Crippen LogP contribution is 2.17. The molecule has 0 saturated carbocycles. The summed E-state index contributed by atoms with van der Waals surface area (Å²) in [6.07, 6.45) is 5.47. The predicted molar refractivity (Wildman–Crippen MR) is 44.6 cm³/mol. The third kappa shape index (κ3) is 2.61. The van der Waals surface area contributed by atoms with Gasteiger partial charge < -0.3 is 9.84 Å². The van der Waals surface area contributed by atoms with Crippen molar-refractivity contribution in [3.8, 4) is 0 Å². The average Bonchev–Trinajstić information content (AvgIpc) is 2.15. The summed E-state index contributed by atoms with van der Waals surface area (Å²) >= 11 is 0. The predicted octanol–water partition coefficient (Wildman–Crippen LogP) is 0.689. The minimum atomic E-state index is -1.07. The van der Waals surface area contributed by atoms with Crippen LogP contribution in [0.1, 0.15) is 6.42 Å². The first kappa shape index (κ1) is 9.29. The smallest absolute Gasteiger partial charge is 0.341 e. The summed E-state index contributed by atoms with van der Waals surface area (Å²) in [7, 11) is 0. The van der Waals surface area contributed by atoms with Crippen LogP contribution in [-0.4, -0.2) is 23.6 Å². The van der Waals surface area contributed by atoms with Crippen LogP contribution in [0.4, 0.5) is 0 Å². The molecule has 13 heavy (non-hydrogen) atoms. The molecule has 0 saturated heterocycles. The van der Waals surface area contributed by atoms with Crippen molar-refractivity contribution in [1.29, 1.82) is 0 Å². The first-order valence-corrected chi connectivity index (χ1v) is 3.70. The Bertz CT molecular complexity index is 319. The second kappa shape index (κ2) is 4.28. The Morgan fingerprint density at radius 1 is 1.69 bits per heavy atom. The SMILES string of the molecule is O=C=C1CC=CC=C1OCC(=O)O. The molecule has 4 nitrogen and oxygen atoms in total. The minimum absolute atomic E-state index is 0.292. The zero-order valence-corrected chi connectivity index (χ0v) is 6.82. The topological polar surface area (TPSA) is 63.6 Å². The van der Waals surface area contributed by atoms with Gasteiger partial charge in [0.25, 0.3) is 0 Å². The number of aliphatic carboxylic acids is 1. The summed E-state index contributed by atoms with van der Waals surface area (Å²) in [5.74, 6) is 0.930. The molecular weight excluding hydrogens is 172 g/mol. The normalized spacial score (nSPS) is 14.8. The quantitative estimate of drug-likeness (QED) is 0.649. The van der Waals surface area contributed by atoms with E-state index in [4.69, 9.17) is 9.84 Å². The fraction of sp³-hybridized carbons (Fsp3) is 0.222. The standard InChI is InChI=1S/C9H8O4/c10-5-7-3-1-2-4-8(7)13-6-9(11)12/h1-2,4H,3,6H2,(H,11,12). The Hall–Kier alpha value is -1.80. The Morgan fingerprint density at radius 3 is 3.08 bits per heavy atom. The second-order valence-electron chi connectivity index (χ2n) is 2.43. The summed E-state index contributed by atoms with van der Waals surface area (Å²) in [4.78, 5) is 20.5. The molecule has 0 aromatic carbocycles. The van der Waals surface area contributed by atoms with Gasteiger partial charge in [0.1, 0.15) is 11.7 Å². The van der Waals surface area contributed by atoms with Gasteiger partial charge in [-0.15, -0.1) is 0 Å². The van der Waals surface area contributed by atoms with Crippen molar-refractivity contribution in [2.75, 3.05) is 6.61 Å². The molecule has 0 aliphatic heterocycles. The summed E-state index contributed by atoms with van der Waals surface area (Å²) < 4.78 is 4.86. The zero-order chi connectivity index (χ0) is 9.68. The van der Waals surface area contributed by atoms with Crippen LogP contribution < -0.4 is 0 Å². The molecule has 0 radical (unpaired) electrons. The van der Waals surface area contributed by atoms with E-state index in [0.717, 1.165) is 0 Å². The van der Waals surface area contributed by atoms with E-state index >= 15 is 0 Å². The van der Waals surface area contributed by atoms with Crippen molar-refractivity contribution in [2.24, 2.45) is 0 Å². The van der Waals surface area contributed by atoms with Crippen LogP contribution in [0.3, 0.4) is 0 Å². The van der Waals surface area contributed by atoms with Gasteiger partial charge in [-0.25, -0.2) is 9.59 Å². The molecule has 68 valence electrons. The van der Waals surface area contributed by atoms with Gasteiger partial charge in [-0.1, -0.05) is 12.2 Å². The monoisotopic (exact) mass is 180 g/mol. The Balaban J connectivity index is 2.65. The molecule has 0 fully saturated rings. The molecule has 0 amide bonds. The van der Waals surface area contributed by atoms with E-state index in [9.17, 15) is 9.59 Å². The highest BCUT2D eigenvalue weighted by atomic mass is 16.5. The van der Waals surface area contributed by atoms with E-state index in [1.165, 1.54) is 0 Å². The third-order valence-corrected chi connectivity index (χ3v) is 1.48. The fourth-order valence-electron chi connectivity index (χ4n) is 0.909. The van der Waals surface area contributed by atoms with E-state index in [0.29, 0.717) is 17.8 Å². The van der Waals surface area contributed by atoms with Gasteiger partial charge in [0.15, 0.2) is 6.61 Å². The lowest BCUT2D eigenvalue weighted by Crippen LogP contribution is -2.08. The van der Waals surface area contributed by atoms with E-state index < -0.39 is 12.6 Å². The molecule has 4 heteroatoms. The lowest BCUT2D eigenvalue weighted by atomic mass is 10.1. The van der Waals surface area contributed by atoms with Crippen LogP contribution in [0.15, 0.2) is 29.6 Å². The second-order valence-corrected chi connectivity index (χ2v) is 2.43. The number of allylic oxidation sites excluding steroid dienone is 4. The number of carbonyl (C=O) groups is 1. The molecule has 1 aliphatic rings. The maximum Gasteiger partial charge on any atom is 0.341 e. The van der Waals surface area contributed by atoms with Gasteiger partial charge in [0, 0.05) is 6.42 Å². The van der Waals surface area contributed by atoms with Gasteiger partial charge in [0.05, 0.1) is 5.57 Å². The summed E-state index contributed by atoms with van der Waals surface area (Å²) in [5.41, 5.74) is 0.351. The first-order valence-electron chi connectivity index (χ1n) is 3.70. The minimum Gasteiger partial charge on any atom is -0.481 e. The van der Waals surface area contributed by atoms with Crippen molar-refractivity contribution in [1.82, 2.24) is 0 Å². The molecule has 0 unspecified atom stereocenters. The fourth-order valence-corrected chi connectivity index (χ4v) is 0.909. The van der Waals surface area contributed by atoms with Gasteiger partial charge in [-0.05, 0) is 6.08 Å². The molecule has 1 rings (SSSR count). The number of ether oxygens (including phenoxy) is 1. The van der Waals surface area contributed by atoms with E-state index in [1.807, 2.05) is 0 Å². The van der Waals surface area contributed by atoms with Crippen molar-refractivity contribution >= 4 is 11.9 Å². The van der Waals surface area contributed by atoms with Crippen LogP contribution in [-0.2, 0) is 14.3 Å². The van der Waals surface area contributed by atoms with Crippen molar-refractivity contribution < 1.29 is 19.4 Å². The van der Waals surface area contributed by atoms with Crippen LogP contribution in [0.25, 0.3) is 0 Å². The number of hydrogen-bond donors (Lipinski definition) is 1. The van der Waals surface area contributed by atoms with Gasteiger partial charge in [-0.2, -0.15) is 0 Å². The number of carboxylic acids is 1. The van der Waals surface area contributed by atoms with Crippen molar-refractivity contribution in [3.63, 3.8) is 0 Å². The molecule has 1 N–H and O–H groups in total. The zero-order valence-electron chi connectivity index (χ0n) is 6.82. The Morgan fingerprint density at radius 2 is 2.46 bits per heavy atom. The average molecular weight is 180 g/mol. The van der Waals surface area contributed by atoms with Crippen LogP contribution in [0, 0.1) is 0 Å². The molecule has 0 spiro atoms. The van der Waals surface area contributed by atoms with E-state index in [2.05, 4.69) is 0 Å². The van der Waals surface area contributed by atoms with Gasteiger partial charge >= 0.3 is 5.97 Å². The summed E-state index contributed by atoms with van der Waals surface area (Å²) in [6, 6.07) is 0. The Kier molecular flexibility index (Phi) is 3.06. The number of carboxylic acid groups (broad SMARTS) is 1. The number of hydrogen-bond acceptors (Lipinski definition) is 3. The third-order valence-electron chi connectivity index (χ3n) is 1.48. The van der Waals surface area contributed by atoms with Crippen molar-refractivity contribution in [3.05, 3.63) is 29.6 Å². The highest BCUT2D eigenvalue weighted by molar-refractivity contribution is 5.69. The van der Waals surface area contributed by atoms with Gasteiger partial charge in [0.2, 0.25) is 0 Å². The van der Waals surface area contributed by atoms with E-state index in [-0.39, 0.29) is 0 Å². The highest BCUT2D eigenvalue weighted by Gasteiger charge is 2.10. The van der Waals surface area contributed by atoms with Crippen LogP contribution in [0.5, 0.6) is 0 Å². The molecule has 1 aliphatic carbocycles. The molecule has 0 bridgehead atoms. The maximum atomic E-state index is 10.4. The lowest BCUT2D eigenvalue weighted by Gasteiger charge is -2.09. The van der Waals surface area contributed by atoms with Crippen LogP contribution >= 0.6 is 0 Å². The summed E-state index contributed by atoms with van der Waals surface area (Å²) in [6.45, 7) is -0.440. The molecule has 0 aromatic heterocycles. The lowest BCUT2D eigenvalue weighted by molar-refractivity contribution is -0.140. The Labute approximate surface area is 74.8 Å². The maximum absolute atomic E-state index is 10.4. The van der Waals surface area contributed by atoms with Gasteiger partial charge in [-0.3, -0.25) is 0 Å². The molecule has 0 aromatic rings. The summed E-state index contributed by atoms with van der Waals surface area (Å²) in [5, 5.41) is 8.33. The number of carbonyl (C=O) groups excluding carboxylic acids is 1. The molecule has 0 heterocycles. The molecule has 0 atom stereocenters. The van der Waals surface area contributed by atoms with Crippen molar-refractivity contribution in [2.45, 2.75) is 6.42 Å². The van der Waals surface area contributed by atoms with E-state index in [1.54, 1.807) is 24.2 Å². The first-order chi connectivity index (χ1) is 6.24. The largest absolute Gasteiger partial charge is 0.481 e. The molecular formula is C9H8O4. The van der Waals surface area contributed by atoms with Crippen LogP contribution in [0.2, 0.25) is 0 Å².